The molecule has 1 amide bonds. The second-order valence-corrected chi connectivity index (χ2v) is 4.19. The second-order valence-electron chi connectivity index (χ2n) is 4.19. The molecular formula is C14H10N2O4. The van der Waals surface area contributed by atoms with Crippen molar-refractivity contribution in [1.29, 1.82) is 0 Å². The van der Waals surface area contributed by atoms with Gasteiger partial charge in [-0.05, 0) is 42.5 Å². The highest BCUT2D eigenvalue weighted by Crippen LogP contribution is 2.26. The van der Waals surface area contributed by atoms with Crippen molar-refractivity contribution in [1.82, 2.24) is 10.5 Å². The Morgan fingerprint density at radius 2 is 1.90 bits per heavy atom. The number of nitrogens with zero attached hydrogens (tertiary/aromatic N) is 1. The zero-order valence-corrected chi connectivity index (χ0v) is 10.2. The van der Waals surface area contributed by atoms with Crippen molar-refractivity contribution in [3.63, 3.8) is 0 Å². The number of benzene rings is 2. The molecule has 0 aliphatic heterocycles. The van der Waals surface area contributed by atoms with Gasteiger partial charge in [0.05, 0.1) is 0 Å². The highest BCUT2D eigenvalue weighted by molar-refractivity contribution is 5.96. The molecule has 3 N–H and O–H groups in total. The van der Waals surface area contributed by atoms with Crippen LogP contribution in [0.2, 0.25) is 0 Å². The first-order valence-electron chi connectivity index (χ1n) is 5.82. The lowest BCUT2D eigenvalue weighted by molar-refractivity contribution is 0.0706. The molecule has 0 aliphatic rings. The van der Waals surface area contributed by atoms with Gasteiger partial charge in [-0.1, -0.05) is 0 Å². The van der Waals surface area contributed by atoms with Gasteiger partial charge in [-0.25, -0.2) is 10.5 Å². The molecule has 6 heteroatoms. The summed E-state index contributed by atoms with van der Waals surface area (Å²) in [4.78, 5) is 15.6. The van der Waals surface area contributed by atoms with Crippen LogP contribution in [0.5, 0.6) is 5.75 Å². The summed E-state index contributed by atoms with van der Waals surface area (Å²) in [7, 11) is 0. The van der Waals surface area contributed by atoms with Crippen LogP contribution in [-0.2, 0) is 0 Å². The highest BCUT2D eigenvalue weighted by atomic mass is 16.5. The molecule has 0 bridgehead atoms. The molecule has 6 nitrogen and oxygen atoms in total. The van der Waals surface area contributed by atoms with Gasteiger partial charge in [-0.15, -0.1) is 0 Å². The maximum atomic E-state index is 11.3. The number of phenols is 1. The molecule has 0 radical (unpaired) electrons. The number of amides is 1. The molecule has 0 fully saturated rings. The standard InChI is InChI=1S/C14H10N2O4/c17-10-4-1-8(2-5-10)14-15-11-7-9(13(18)16-19)3-6-12(11)20-14/h1-7,17,19H,(H,16,18). The number of aromatic hydroxyl groups is 1. The molecule has 0 unspecified atom stereocenters. The quantitative estimate of drug-likeness (QED) is 0.490. The molecule has 0 spiro atoms. The maximum absolute atomic E-state index is 11.3. The van der Waals surface area contributed by atoms with E-state index in [4.69, 9.17) is 9.62 Å². The number of oxazole rings is 1. The third-order valence-electron chi connectivity index (χ3n) is 2.87. The summed E-state index contributed by atoms with van der Waals surface area (Å²) in [5.41, 5.74) is 3.60. The van der Waals surface area contributed by atoms with E-state index in [0.29, 0.717) is 22.6 Å². The van der Waals surface area contributed by atoms with E-state index in [1.807, 2.05) is 0 Å². The van der Waals surface area contributed by atoms with Crippen LogP contribution >= 0.6 is 0 Å². The summed E-state index contributed by atoms with van der Waals surface area (Å²) in [6.07, 6.45) is 0. The molecule has 3 rings (SSSR count). The molecule has 1 heterocycles. The number of carbonyl (C=O) groups excluding carboxylic acids is 1. The van der Waals surface area contributed by atoms with Crippen molar-refractivity contribution in [2.24, 2.45) is 0 Å². The van der Waals surface area contributed by atoms with Crippen molar-refractivity contribution in [3.8, 4) is 17.2 Å². The molecule has 20 heavy (non-hydrogen) atoms. The Bertz CT molecular complexity index is 777. The summed E-state index contributed by atoms with van der Waals surface area (Å²) in [6, 6.07) is 11.1. The van der Waals surface area contributed by atoms with Gasteiger partial charge >= 0.3 is 0 Å². The van der Waals surface area contributed by atoms with Gasteiger partial charge in [0.2, 0.25) is 5.89 Å². The Labute approximate surface area is 113 Å². The Morgan fingerprint density at radius 1 is 1.15 bits per heavy atom. The maximum Gasteiger partial charge on any atom is 0.274 e. The molecule has 1 aromatic heterocycles. The van der Waals surface area contributed by atoms with E-state index in [2.05, 4.69) is 4.98 Å². The molecule has 2 aromatic carbocycles. The lowest BCUT2D eigenvalue weighted by Gasteiger charge is -1.96. The fourth-order valence-corrected chi connectivity index (χ4v) is 1.86. The van der Waals surface area contributed by atoms with Gasteiger partial charge in [-0.3, -0.25) is 10.0 Å². The lowest BCUT2D eigenvalue weighted by atomic mass is 10.2. The van der Waals surface area contributed by atoms with Crippen LogP contribution in [0.3, 0.4) is 0 Å². The summed E-state index contributed by atoms with van der Waals surface area (Å²) < 4.78 is 5.58. The minimum Gasteiger partial charge on any atom is -0.508 e. The van der Waals surface area contributed by atoms with Crippen LogP contribution in [0, 0.1) is 0 Å². The van der Waals surface area contributed by atoms with Crippen LogP contribution in [0.25, 0.3) is 22.6 Å². The summed E-state index contributed by atoms with van der Waals surface area (Å²) in [5.74, 6) is -0.0607. The number of carbonyl (C=O) groups is 1. The molecular weight excluding hydrogens is 260 g/mol. The summed E-state index contributed by atoms with van der Waals surface area (Å²) in [5, 5.41) is 17.9. The summed E-state index contributed by atoms with van der Waals surface area (Å²) >= 11 is 0. The van der Waals surface area contributed by atoms with Crippen LogP contribution in [-0.4, -0.2) is 21.2 Å². The third-order valence-corrected chi connectivity index (χ3v) is 2.87. The number of phenolic OH excluding ortho intramolecular Hbond substituents is 1. The fourth-order valence-electron chi connectivity index (χ4n) is 1.86. The minimum atomic E-state index is -0.610. The van der Waals surface area contributed by atoms with E-state index >= 15 is 0 Å². The van der Waals surface area contributed by atoms with Gasteiger partial charge in [0.25, 0.3) is 5.91 Å². The van der Waals surface area contributed by atoms with Gasteiger partial charge in [0.15, 0.2) is 5.58 Å². The van der Waals surface area contributed by atoms with Crippen LogP contribution < -0.4 is 5.48 Å². The molecule has 0 aliphatic carbocycles. The molecule has 0 saturated heterocycles. The Kier molecular flexibility index (Phi) is 2.85. The van der Waals surface area contributed by atoms with Gasteiger partial charge in [-0.2, -0.15) is 0 Å². The zero-order chi connectivity index (χ0) is 14.1. The zero-order valence-electron chi connectivity index (χ0n) is 10.2. The van der Waals surface area contributed by atoms with Crippen molar-refractivity contribution in [3.05, 3.63) is 48.0 Å². The Hall–Kier alpha value is -2.86. The number of aromatic nitrogens is 1. The van der Waals surface area contributed by atoms with E-state index in [1.54, 1.807) is 23.7 Å². The van der Waals surface area contributed by atoms with Crippen molar-refractivity contribution < 1.29 is 19.5 Å². The van der Waals surface area contributed by atoms with Crippen LogP contribution in [0.1, 0.15) is 10.4 Å². The normalized spacial score (nSPS) is 10.7. The molecule has 3 aromatic rings. The number of hydrogen-bond donors (Lipinski definition) is 3. The van der Waals surface area contributed by atoms with Crippen molar-refractivity contribution in [2.75, 3.05) is 0 Å². The van der Waals surface area contributed by atoms with E-state index in [9.17, 15) is 9.90 Å². The second kappa shape index (κ2) is 4.67. The lowest BCUT2D eigenvalue weighted by Crippen LogP contribution is -2.18. The van der Waals surface area contributed by atoms with Crippen molar-refractivity contribution >= 4 is 17.0 Å². The minimum absolute atomic E-state index is 0.159. The first-order valence-corrected chi connectivity index (χ1v) is 5.82. The van der Waals surface area contributed by atoms with Gasteiger partial charge in [0, 0.05) is 11.1 Å². The highest BCUT2D eigenvalue weighted by Gasteiger charge is 2.11. The fraction of sp³-hybridized carbons (Fsp3) is 0. The average molecular weight is 270 g/mol. The predicted octanol–water partition coefficient (Wildman–Crippen LogP) is 2.32. The first-order chi connectivity index (χ1) is 9.67. The van der Waals surface area contributed by atoms with Gasteiger partial charge < -0.3 is 9.52 Å². The molecule has 0 atom stereocenters. The van der Waals surface area contributed by atoms with E-state index < -0.39 is 5.91 Å². The Morgan fingerprint density at radius 3 is 2.60 bits per heavy atom. The number of nitrogens with one attached hydrogen (secondary N) is 1. The third kappa shape index (κ3) is 2.08. The predicted molar refractivity (Wildman–Crippen MR) is 70.4 cm³/mol. The van der Waals surface area contributed by atoms with E-state index in [-0.39, 0.29) is 11.3 Å². The van der Waals surface area contributed by atoms with E-state index in [1.165, 1.54) is 24.3 Å². The smallest absolute Gasteiger partial charge is 0.274 e. The Balaban J connectivity index is 2.06. The SMILES string of the molecule is O=C(NO)c1ccc2oc(-c3ccc(O)cc3)nc2c1. The van der Waals surface area contributed by atoms with Gasteiger partial charge in [0.1, 0.15) is 11.3 Å². The number of hydroxylamine groups is 1. The molecule has 0 saturated carbocycles. The van der Waals surface area contributed by atoms with E-state index in [0.717, 1.165) is 0 Å². The topological polar surface area (TPSA) is 95.6 Å². The van der Waals surface area contributed by atoms with Crippen molar-refractivity contribution in [2.45, 2.75) is 0 Å². The average Bonchev–Trinajstić information content (AvgIpc) is 2.90. The van der Waals surface area contributed by atoms with Crippen LogP contribution in [0.15, 0.2) is 46.9 Å². The number of hydrogen-bond acceptors (Lipinski definition) is 5. The largest absolute Gasteiger partial charge is 0.508 e. The number of fused-ring (bicyclic) bond motifs is 1. The van der Waals surface area contributed by atoms with Crippen LogP contribution in [0.4, 0.5) is 0 Å². The monoisotopic (exact) mass is 270 g/mol. The molecule has 100 valence electrons. The first kappa shape index (κ1) is 12.2. The summed E-state index contributed by atoms with van der Waals surface area (Å²) in [6.45, 7) is 0. The number of rotatable bonds is 2.